The molecular formula is C20H22FN3O2. The number of benzene rings is 2. The minimum atomic E-state index is -0.600. The van der Waals surface area contributed by atoms with Crippen LogP contribution < -0.4 is 15.5 Å². The number of halogens is 1. The predicted octanol–water partition coefficient (Wildman–Crippen LogP) is 2.20. The van der Waals surface area contributed by atoms with E-state index in [2.05, 4.69) is 27.7 Å². The summed E-state index contributed by atoms with van der Waals surface area (Å²) in [6.45, 7) is 2.26. The van der Waals surface area contributed by atoms with Gasteiger partial charge >= 0.3 is 0 Å². The standard InChI is InChI=1S/C20H22FN3O2/c21-18-9-5-4-8-17(18)20(26)23-13-19(25)22-12-15-10-11-24(14-15)16-6-2-1-3-7-16/h1-9,15H,10-14H2,(H,22,25)(H,23,26)/t15-/m0/s1. The zero-order valence-corrected chi connectivity index (χ0v) is 14.5. The Morgan fingerprint density at radius 3 is 2.54 bits per heavy atom. The number of carbonyl (C=O) groups is 2. The van der Waals surface area contributed by atoms with E-state index in [9.17, 15) is 14.0 Å². The number of hydrogen-bond donors (Lipinski definition) is 2. The lowest BCUT2D eigenvalue weighted by atomic mass is 10.1. The summed E-state index contributed by atoms with van der Waals surface area (Å²) in [6, 6.07) is 15.9. The van der Waals surface area contributed by atoms with Crippen LogP contribution in [0.3, 0.4) is 0 Å². The van der Waals surface area contributed by atoms with Crippen molar-refractivity contribution in [2.24, 2.45) is 5.92 Å². The molecule has 1 atom stereocenters. The van der Waals surface area contributed by atoms with Gasteiger partial charge in [-0.1, -0.05) is 30.3 Å². The Labute approximate surface area is 152 Å². The first-order chi connectivity index (χ1) is 12.6. The Hall–Kier alpha value is -2.89. The third kappa shape index (κ3) is 4.59. The largest absolute Gasteiger partial charge is 0.371 e. The molecule has 1 saturated heterocycles. The summed E-state index contributed by atoms with van der Waals surface area (Å²) in [5, 5.41) is 5.29. The second-order valence-corrected chi connectivity index (χ2v) is 6.40. The number of carbonyl (C=O) groups excluding carboxylic acids is 2. The average Bonchev–Trinajstić information content (AvgIpc) is 3.14. The van der Waals surface area contributed by atoms with E-state index in [4.69, 9.17) is 0 Å². The second kappa shape index (κ2) is 8.47. The van der Waals surface area contributed by atoms with E-state index in [-0.39, 0.29) is 18.0 Å². The Morgan fingerprint density at radius 1 is 1.04 bits per heavy atom. The quantitative estimate of drug-likeness (QED) is 0.835. The smallest absolute Gasteiger partial charge is 0.254 e. The Kier molecular flexibility index (Phi) is 5.84. The number of rotatable bonds is 6. The highest BCUT2D eigenvalue weighted by atomic mass is 19.1. The highest BCUT2D eigenvalue weighted by molar-refractivity contribution is 5.96. The molecule has 1 aliphatic rings. The molecule has 2 aromatic carbocycles. The zero-order chi connectivity index (χ0) is 18.4. The molecule has 5 nitrogen and oxygen atoms in total. The van der Waals surface area contributed by atoms with E-state index >= 15 is 0 Å². The summed E-state index contributed by atoms with van der Waals surface area (Å²) in [5.41, 5.74) is 1.13. The molecule has 0 aliphatic carbocycles. The van der Waals surface area contributed by atoms with Crippen molar-refractivity contribution in [3.8, 4) is 0 Å². The first-order valence-electron chi connectivity index (χ1n) is 8.73. The average molecular weight is 355 g/mol. The van der Waals surface area contributed by atoms with Crippen LogP contribution in [-0.4, -0.2) is 38.0 Å². The van der Waals surface area contributed by atoms with E-state index in [1.807, 2.05) is 18.2 Å². The van der Waals surface area contributed by atoms with E-state index in [1.165, 1.54) is 23.9 Å². The molecule has 26 heavy (non-hydrogen) atoms. The fourth-order valence-electron chi connectivity index (χ4n) is 3.09. The van der Waals surface area contributed by atoms with Crippen molar-refractivity contribution in [2.45, 2.75) is 6.42 Å². The van der Waals surface area contributed by atoms with Gasteiger partial charge in [0.1, 0.15) is 5.82 Å². The molecule has 0 aromatic heterocycles. The van der Waals surface area contributed by atoms with Crippen LogP contribution in [0.25, 0.3) is 0 Å². The Balaban J connectivity index is 1.40. The van der Waals surface area contributed by atoms with Gasteiger partial charge in [0.25, 0.3) is 5.91 Å². The number of amides is 2. The van der Waals surface area contributed by atoms with Crippen LogP contribution >= 0.6 is 0 Å². The molecule has 2 amide bonds. The molecule has 136 valence electrons. The maximum atomic E-state index is 13.5. The van der Waals surface area contributed by atoms with Crippen molar-refractivity contribution >= 4 is 17.5 Å². The third-order valence-electron chi connectivity index (χ3n) is 4.52. The second-order valence-electron chi connectivity index (χ2n) is 6.40. The lowest BCUT2D eigenvalue weighted by Gasteiger charge is -2.18. The van der Waals surface area contributed by atoms with Crippen LogP contribution in [0.4, 0.5) is 10.1 Å². The molecule has 0 spiro atoms. The Bertz CT molecular complexity index is 767. The van der Waals surface area contributed by atoms with E-state index < -0.39 is 11.7 Å². The summed E-state index contributed by atoms with van der Waals surface area (Å²) < 4.78 is 13.5. The minimum Gasteiger partial charge on any atom is -0.371 e. The van der Waals surface area contributed by atoms with Crippen LogP contribution in [-0.2, 0) is 4.79 Å². The van der Waals surface area contributed by atoms with Gasteiger partial charge in [0, 0.05) is 25.3 Å². The summed E-state index contributed by atoms with van der Waals surface area (Å²) in [5.74, 6) is -1.08. The molecule has 1 aliphatic heterocycles. The highest BCUT2D eigenvalue weighted by Crippen LogP contribution is 2.22. The summed E-state index contributed by atoms with van der Waals surface area (Å²) in [7, 11) is 0. The van der Waals surface area contributed by atoms with E-state index in [0.29, 0.717) is 12.5 Å². The van der Waals surface area contributed by atoms with Gasteiger partial charge in [-0.25, -0.2) is 4.39 Å². The molecule has 6 heteroatoms. The van der Waals surface area contributed by atoms with Crippen molar-refractivity contribution in [3.05, 3.63) is 66.0 Å². The van der Waals surface area contributed by atoms with Gasteiger partial charge in [0.15, 0.2) is 0 Å². The maximum Gasteiger partial charge on any atom is 0.254 e. The predicted molar refractivity (Wildman–Crippen MR) is 98.5 cm³/mol. The van der Waals surface area contributed by atoms with E-state index in [1.54, 1.807) is 6.07 Å². The molecule has 2 aromatic rings. The van der Waals surface area contributed by atoms with Crippen LogP contribution in [0, 0.1) is 11.7 Å². The van der Waals surface area contributed by atoms with Crippen LogP contribution in [0.15, 0.2) is 54.6 Å². The van der Waals surface area contributed by atoms with Crippen molar-refractivity contribution in [1.82, 2.24) is 10.6 Å². The normalized spacial score (nSPS) is 16.3. The molecular weight excluding hydrogens is 333 g/mol. The van der Waals surface area contributed by atoms with E-state index in [0.717, 1.165) is 19.5 Å². The summed E-state index contributed by atoms with van der Waals surface area (Å²) >= 11 is 0. The fourth-order valence-corrected chi connectivity index (χ4v) is 3.09. The summed E-state index contributed by atoms with van der Waals surface area (Å²) in [4.78, 5) is 26.1. The SMILES string of the molecule is O=C(CNC(=O)c1ccccc1F)NC[C@@H]1CCN(c2ccccc2)C1. The van der Waals surface area contributed by atoms with Crippen molar-refractivity contribution in [2.75, 3.05) is 31.1 Å². The molecule has 0 saturated carbocycles. The lowest BCUT2D eigenvalue weighted by Crippen LogP contribution is -2.39. The van der Waals surface area contributed by atoms with Crippen molar-refractivity contribution in [3.63, 3.8) is 0 Å². The lowest BCUT2D eigenvalue weighted by molar-refractivity contribution is -0.120. The topological polar surface area (TPSA) is 61.4 Å². The summed E-state index contributed by atoms with van der Waals surface area (Å²) in [6.07, 6.45) is 1.01. The number of anilines is 1. The number of hydrogen-bond acceptors (Lipinski definition) is 3. The van der Waals surface area contributed by atoms with Gasteiger partial charge in [-0.3, -0.25) is 9.59 Å². The van der Waals surface area contributed by atoms with Gasteiger partial charge in [-0.2, -0.15) is 0 Å². The van der Waals surface area contributed by atoms with Gasteiger partial charge in [-0.05, 0) is 36.6 Å². The molecule has 2 N–H and O–H groups in total. The van der Waals surface area contributed by atoms with Crippen LogP contribution in [0.1, 0.15) is 16.8 Å². The molecule has 3 rings (SSSR count). The molecule has 1 heterocycles. The van der Waals surface area contributed by atoms with Gasteiger partial charge in [0.05, 0.1) is 12.1 Å². The first kappa shape index (κ1) is 17.9. The highest BCUT2D eigenvalue weighted by Gasteiger charge is 2.23. The van der Waals surface area contributed by atoms with Crippen molar-refractivity contribution in [1.29, 1.82) is 0 Å². The van der Waals surface area contributed by atoms with Gasteiger partial charge in [0.2, 0.25) is 5.91 Å². The molecule has 1 fully saturated rings. The first-order valence-corrected chi connectivity index (χ1v) is 8.73. The molecule has 0 radical (unpaired) electrons. The zero-order valence-electron chi connectivity index (χ0n) is 14.5. The maximum absolute atomic E-state index is 13.5. The number of nitrogens with zero attached hydrogens (tertiary/aromatic N) is 1. The molecule has 0 unspecified atom stereocenters. The van der Waals surface area contributed by atoms with Crippen LogP contribution in [0.5, 0.6) is 0 Å². The fraction of sp³-hybridized carbons (Fsp3) is 0.300. The van der Waals surface area contributed by atoms with Gasteiger partial charge in [-0.15, -0.1) is 0 Å². The van der Waals surface area contributed by atoms with Crippen molar-refractivity contribution < 1.29 is 14.0 Å². The third-order valence-corrected chi connectivity index (χ3v) is 4.52. The minimum absolute atomic E-state index is 0.0606. The number of para-hydroxylation sites is 1. The van der Waals surface area contributed by atoms with Crippen LogP contribution in [0.2, 0.25) is 0 Å². The monoisotopic (exact) mass is 355 g/mol. The van der Waals surface area contributed by atoms with Gasteiger partial charge < -0.3 is 15.5 Å². The number of nitrogens with one attached hydrogen (secondary N) is 2. The molecule has 0 bridgehead atoms. The Morgan fingerprint density at radius 2 is 1.77 bits per heavy atom.